The second kappa shape index (κ2) is 8.03. The molecule has 0 atom stereocenters. The Balaban J connectivity index is 1.40. The lowest BCUT2D eigenvalue weighted by atomic mass is 9.85. The zero-order chi connectivity index (χ0) is 20.3. The maximum atomic E-state index is 12.7. The number of hydrogen-bond acceptors (Lipinski definition) is 4. The highest BCUT2D eigenvalue weighted by molar-refractivity contribution is 5.94. The van der Waals surface area contributed by atoms with Gasteiger partial charge in [-0.15, -0.1) is 0 Å². The average Bonchev–Trinajstić information content (AvgIpc) is 3.06. The normalized spacial score (nSPS) is 17.9. The molecule has 0 bridgehead atoms. The molecule has 2 aliphatic rings. The number of urea groups is 1. The summed E-state index contributed by atoms with van der Waals surface area (Å²) in [7, 11) is 0. The Morgan fingerprint density at radius 3 is 2.45 bits per heavy atom. The van der Waals surface area contributed by atoms with Gasteiger partial charge in [0.15, 0.2) is 0 Å². The highest BCUT2D eigenvalue weighted by Crippen LogP contribution is 2.36. The molecule has 2 aromatic carbocycles. The molecule has 152 valence electrons. The lowest BCUT2D eigenvalue weighted by Crippen LogP contribution is -2.57. The van der Waals surface area contributed by atoms with Gasteiger partial charge in [0.05, 0.1) is 13.3 Å². The zero-order valence-electron chi connectivity index (χ0n) is 16.6. The number of rotatable bonds is 4. The molecule has 2 fully saturated rings. The third-order valence-corrected chi connectivity index (χ3v) is 5.70. The van der Waals surface area contributed by atoms with Crippen LogP contribution in [-0.4, -0.2) is 48.7 Å². The number of ether oxygens (including phenoxy) is 1. The molecule has 7 heteroatoms. The minimum absolute atomic E-state index is 0.0490. The number of benzene rings is 2. The lowest BCUT2D eigenvalue weighted by molar-refractivity contribution is -0.124. The SMILES string of the molecule is CCOc1ccc(NC(=O)N2CCC3(CC2)C(=O)NCN3c2ccccc2)cc1. The molecule has 0 aromatic heterocycles. The van der Waals surface area contributed by atoms with Crippen molar-refractivity contribution in [2.75, 3.05) is 36.6 Å². The van der Waals surface area contributed by atoms with Crippen LogP contribution in [0.4, 0.5) is 16.2 Å². The first kappa shape index (κ1) is 19.1. The van der Waals surface area contributed by atoms with E-state index in [4.69, 9.17) is 4.74 Å². The summed E-state index contributed by atoms with van der Waals surface area (Å²) in [5.74, 6) is 0.826. The first-order chi connectivity index (χ1) is 14.1. The molecule has 29 heavy (non-hydrogen) atoms. The van der Waals surface area contributed by atoms with E-state index in [9.17, 15) is 9.59 Å². The molecule has 1 spiro atoms. The number of anilines is 2. The van der Waals surface area contributed by atoms with Crippen molar-refractivity contribution in [2.24, 2.45) is 0 Å². The second-order valence-corrected chi connectivity index (χ2v) is 7.33. The Kier molecular flexibility index (Phi) is 5.29. The molecule has 2 heterocycles. The molecule has 7 nitrogen and oxygen atoms in total. The van der Waals surface area contributed by atoms with Crippen LogP contribution in [0.3, 0.4) is 0 Å². The van der Waals surface area contributed by atoms with Gasteiger partial charge in [-0.2, -0.15) is 0 Å². The van der Waals surface area contributed by atoms with Crippen molar-refractivity contribution < 1.29 is 14.3 Å². The Morgan fingerprint density at radius 2 is 1.79 bits per heavy atom. The maximum Gasteiger partial charge on any atom is 0.321 e. The molecule has 0 aliphatic carbocycles. The number of carbonyl (C=O) groups is 2. The number of likely N-dealkylation sites (tertiary alicyclic amines) is 1. The van der Waals surface area contributed by atoms with E-state index in [2.05, 4.69) is 15.5 Å². The van der Waals surface area contributed by atoms with Gasteiger partial charge in [0, 0.05) is 24.5 Å². The van der Waals surface area contributed by atoms with Gasteiger partial charge in [0.1, 0.15) is 11.3 Å². The summed E-state index contributed by atoms with van der Waals surface area (Å²) in [6.07, 6.45) is 1.20. The summed E-state index contributed by atoms with van der Waals surface area (Å²) in [4.78, 5) is 29.3. The summed E-state index contributed by atoms with van der Waals surface area (Å²) in [5, 5.41) is 5.92. The third kappa shape index (κ3) is 3.72. The van der Waals surface area contributed by atoms with Crippen molar-refractivity contribution in [1.29, 1.82) is 0 Å². The Hall–Kier alpha value is -3.22. The standard InChI is InChI=1S/C22H26N4O3/c1-2-29-19-10-8-17(9-11-19)24-21(28)25-14-12-22(13-15-25)20(27)23-16-26(22)18-6-4-3-5-7-18/h3-11H,2,12-16H2,1H3,(H,23,27)(H,24,28). The molecule has 4 rings (SSSR count). The van der Waals surface area contributed by atoms with Gasteiger partial charge in [-0.25, -0.2) is 4.79 Å². The highest BCUT2D eigenvalue weighted by Gasteiger charge is 2.50. The summed E-state index contributed by atoms with van der Waals surface area (Å²) >= 11 is 0. The van der Waals surface area contributed by atoms with Crippen LogP contribution < -0.4 is 20.3 Å². The molecule has 0 radical (unpaired) electrons. The predicted octanol–water partition coefficient (Wildman–Crippen LogP) is 3.05. The Labute approximate surface area is 170 Å². The highest BCUT2D eigenvalue weighted by atomic mass is 16.5. The minimum Gasteiger partial charge on any atom is -0.494 e. The van der Waals surface area contributed by atoms with Crippen LogP contribution in [0.5, 0.6) is 5.75 Å². The smallest absolute Gasteiger partial charge is 0.321 e. The van der Waals surface area contributed by atoms with Crippen LogP contribution in [-0.2, 0) is 4.79 Å². The first-order valence-corrected chi connectivity index (χ1v) is 10.0. The van der Waals surface area contributed by atoms with E-state index >= 15 is 0 Å². The van der Waals surface area contributed by atoms with Gasteiger partial charge in [0.25, 0.3) is 0 Å². The first-order valence-electron chi connectivity index (χ1n) is 10.0. The van der Waals surface area contributed by atoms with Crippen LogP contribution in [0.1, 0.15) is 19.8 Å². The monoisotopic (exact) mass is 394 g/mol. The van der Waals surface area contributed by atoms with E-state index in [1.807, 2.05) is 61.5 Å². The van der Waals surface area contributed by atoms with Crippen LogP contribution in [0.15, 0.2) is 54.6 Å². The molecule has 0 unspecified atom stereocenters. The van der Waals surface area contributed by atoms with E-state index in [0.717, 1.165) is 17.1 Å². The number of piperidine rings is 1. The molecular weight excluding hydrogens is 368 g/mol. The van der Waals surface area contributed by atoms with Crippen molar-refractivity contribution in [1.82, 2.24) is 10.2 Å². The van der Waals surface area contributed by atoms with Gasteiger partial charge in [0.2, 0.25) is 5.91 Å². The van der Waals surface area contributed by atoms with Gasteiger partial charge in [-0.1, -0.05) is 18.2 Å². The van der Waals surface area contributed by atoms with Gasteiger partial charge in [-0.05, 0) is 56.2 Å². The van der Waals surface area contributed by atoms with Crippen molar-refractivity contribution in [2.45, 2.75) is 25.3 Å². The minimum atomic E-state index is -0.586. The van der Waals surface area contributed by atoms with E-state index in [-0.39, 0.29) is 11.9 Å². The summed E-state index contributed by atoms with van der Waals surface area (Å²) in [6, 6.07) is 17.2. The van der Waals surface area contributed by atoms with Crippen molar-refractivity contribution >= 4 is 23.3 Å². The van der Waals surface area contributed by atoms with Crippen molar-refractivity contribution in [3.63, 3.8) is 0 Å². The van der Waals surface area contributed by atoms with Gasteiger partial charge < -0.3 is 25.2 Å². The number of carbonyl (C=O) groups excluding carboxylic acids is 2. The number of nitrogens with one attached hydrogen (secondary N) is 2. The van der Waals surface area contributed by atoms with E-state index in [0.29, 0.717) is 39.2 Å². The third-order valence-electron chi connectivity index (χ3n) is 5.70. The summed E-state index contributed by atoms with van der Waals surface area (Å²) in [6.45, 7) is 4.09. The van der Waals surface area contributed by atoms with E-state index < -0.39 is 5.54 Å². The molecular formula is C22H26N4O3. The predicted molar refractivity (Wildman–Crippen MR) is 112 cm³/mol. The van der Waals surface area contributed by atoms with Crippen LogP contribution in [0.2, 0.25) is 0 Å². The Morgan fingerprint density at radius 1 is 1.10 bits per heavy atom. The van der Waals surface area contributed by atoms with Crippen molar-refractivity contribution in [3.8, 4) is 5.75 Å². The molecule has 2 saturated heterocycles. The number of hydrogen-bond donors (Lipinski definition) is 2. The summed E-state index contributed by atoms with van der Waals surface area (Å²) < 4.78 is 5.43. The zero-order valence-corrected chi connectivity index (χ0v) is 16.6. The Bertz CT molecular complexity index is 861. The second-order valence-electron chi connectivity index (χ2n) is 7.33. The van der Waals surface area contributed by atoms with Crippen molar-refractivity contribution in [3.05, 3.63) is 54.6 Å². The van der Waals surface area contributed by atoms with E-state index in [1.165, 1.54) is 0 Å². The fourth-order valence-electron chi connectivity index (χ4n) is 4.12. The van der Waals surface area contributed by atoms with Crippen LogP contribution in [0, 0.1) is 0 Å². The fourth-order valence-corrected chi connectivity index (χ4v) is 4.12. The van der Waals surface area contributed by atoms with Gasteiger partial charge >= 0.3 is 6.03 Å². The van der Waals surface area contributed by atoms with Crippen LogP contribution in [0.25, 0.3) is 0 Å². The molecule has 2 aliphatic heterocycles. The quantitative estimate of drug-likeness (QED) is 0.836. The molecule has 2 aromatic rings. The fraction of sp³-hybridized carbons (Fsp3) is 0.364. The van der Waals surface area contributed by atoms with Gasteiger partial charge in [-0.3, -0.25) is 4.79 Å². The van der Waals surface area contributed by atoms with E-state index in [1.54, 1.807) is 4.90 Å². The number of para-hydroxylation sites is 1. The number of amides is 3. The number of nitrogens with zero attached hydrogens (tertiary/aromatic N) is 2. The average molecular weight is 394 g/mol. The molecule has 3 amide bonds. The lowest BCUT2D eigenvalue weighted by Gasteiger charge is -2.43. The maximum absolute atomic E-state index is 12.7. The largest absolute Gasteiger partial charge is 0.494 e. The summed E-state index contributed by atoms with van der Waals surface area (Å²) in [5.41, 5.74) is 1.17. The molecule has 0 saturated carbocycles. The van der Waals surface area contributed by atoms with Crippen LogP contribution >= 0.6 is 0 Å². The topological polar surface area (TPSA) is 73.9 Å². The molecule has 2 N–H and O–H groups in total.